The maximum absolute atomic E-state index is 9.62. The molecule has 0 atom stereocenters. The van der Waals surface area contributed by atoms with E-state index in [1.54, 1.807) is 11.3 Å². The van der Waals surface area contributed by atoms with Crippen molar-refractivity contribution < 1.29 is 0 Å². The molecule has 0 N–H and O–H groups in total. The zero-order chi connectivity index (χ0) is 20.1. The van der Waals surface area contributed by atoms with Gasteiger partial charge in [-0.25, -0.2) is 4.98 Å². The number of aromatic nitrogens is 1. The van der Waals surface area contributed by atoms with Crippen LogP contribution in [0.3, 0.4) is 0 Å². The summed E-state index contributed by atoms with van der Waals surface area (Å²) in [6.45, 7) is 0. The van der Waals surface area contributed by atoms with Crippen molar-refractivity contribution >= 4 is 53.1 Å². The van der Waals surface area contributed by atoms with Crippen molar-refractivity contribution in [2.75, 3.05) is 0 Å². The molecule has 0 aliphatic carbocycles. The first kappa shape index (κ1) is 17.3. The highest BCUT2D eigenvalue weighted by Gasteiger charge is 2.11. The summed E-state index contributed by atoms with van der Waals surface area (Å²) in [6, 6.07) is 31.6. The Balaban J connectivity index is 1.53. The zero-order valence-electron chi connectivity index (χ0n) is 15.8. The van der Waals surface area contributed by atoms with E-state index in [9.17, 15) is 5.26 Å². The lowest BCUT2D eigenvalue weighted by Crippen LogP contribution is -1.85. The van der Waals surface area contributed by atoms with Gasteiger partial charge < -0.3 is 0 Å². The Hall–Kier alpha value is -3.52. The predicted molar refractivity (Wildman–Crippen MR) is 128 cm³/mol. The van der Waals surface area contributed by atoms with Crippen LogP contribution in [-0.4, -0.2) is 4.98 Å². The van der Waals surface area contributed by atoms with Crippen LogP contribution in [0.15, 0.2) is 84.9 Å². The minimum Gasteiger partial charge on any atom is -0.236 e. The molecule has 0 aliphatic heterocycles. The minimum atomic E-state index is 0.651. The Bertz CT molecular complexity index is 1580. The molecule has 4 aromatic carbocycles. The Morgan fingerprint density at radius 1 is 0.633 bits per heavy atom. The average molecular weight is 419 g/mol. The molecule has 0 bridgehead atoms. The number of hydrogen-bond donors (Lipinski definition) is 0. The molecule has 4 heteroatoms. The second-order valence-electron chi connectivity index (χ2n) is 7.21. The molecule has 0 aliphatic rings. The van der Waals surface area contributed by atoms with E-state index >= 15 is 0 Å². The maximum Gasteiger partial charge on any atom is 0.124 e. The van der Waals surface area contributed by atoms with Gasteiger partial charge in [-0.1, -0.05) is 42.5 Å². The maximum atomic E-state index is 9.62. The second-order valence-corrected chi connectivity index (χ2v) is 9.32. The topological polar surface area (TPSA) is 36.7 Å². The number of nitriles is 1. The molecule has 0 fully saturated rings. The van der Waals surface area contributed by atoms with E-state index in [4.69, 9.17) is 4.98 Å². The van der Waals surface area contributed by atoms with E-state index in [1.807, 2.05) is 41.7 Å². The largest absolute Gasteiger partial charge is 0.236 e. The zero-order valence-corrected chi connectivity index (χ0v) is 17.4. The molecule has 6 aromatic rings. The van der Waals surface area contributed by atoms with E-state index in [2.05, 4.69) is 60.7 Å². The van der Waals surface area contributed by atoms with Gasteiger partial charge >= 0.3 is 0 Å². The summed E-state index contributed by atoms with van der Waals surface area (Å²) in [5, 5.41) is 13.1. The lowest BCUT2D eigenvalue weighted by atomic mass is 9.99. The van der Waals surface area contributed by atoms with Crippen LogP contribution < -0.4 is 0 Å². The molecule has 0 radical (unpaired) electrons. The number of fused-ring (bicyclic) bond motifs is 4. The van der Waals surface area contributed by atoms with Crippen molar-refractivity contribution in [1.82, 2.24) is 4.98 Å². The molecule has 2 nitrogen and oxygen atoms in total. The van der Waals surface area contributed by atoms with Crippen molar-refractivity contribution in [3.8, 4) is 27.8 Å². The van der Waals surface area contributed by atoms with Crippen LogP contribution in [0.5, 0.6) is 0 Å². The lowest BCUT2D eigenvalue weighted by Gasteiger charge is -2.06. The van der Waals surface area contributed by atoms with Gasteiger partial charge in [0, 0.05) is 25.7 Å². The van der Waals surface area contributed by atoms with E-state index in [0.29, 0.717) is 5.56 Å². The average Bonchev–Trinajstić information content (AvgIpc) is 3.39. The van der Waals surface area contributed by atoms with Crippen LogP contribution in [0.4, 0.5) is 0 Å². The molecule has 2 aromatic heterocycles. The molecule has 140 valence electrons. The molecule has 30 heavy (non-hydrogen) atoms. The Morgan fingerprint density at radius 3 is 2.27 bits per heavy atom. The Labute approximate surface area is 181 Å². The van der Waals surface area contributed by atoms with E-state index in [-0.39, 0.29) is 0 Å². The van der Waals surface area contributed by atoms with E-state index in [1.165, 1.54) is 20.2 Å². The van der Waals surface area contributed by atoms with E-state index < -0.39 is 0 Å². The van der Waals surface area contributed by atoms with Gasteiger partial charge in [0.1, 0.15) is 5.01 Å². The quantitative estimate of drug-likeness (QED) is 0.287. The van der Waals surface area contributed by atoms with Crippen LogP contribution in [0, 0.1) is 11.3 Å². The van der Waals surface area contributed by atoms with Crippen molar-refractivity contribution in [2.24, 2.45) is 0 Å². The van der Waals surface area contributed by atoms with Gasteiger partial charge in [-0.15, -0.1) is 22.7 Å². The molecule has 0 unspecified atom stereocenters. The highest BCUT2D eigenvalue weighted by molar-refractivity contribution is 7.25. The first-order chi connectivity index (χ1) is 14.8. The summed E-state index contributed by atoms with van der Waals surface area (Å²) in [5.74, 6) is 0. The lowest BCUT2D eigenvalue weighted by molar-refractivity contribution is 1.45. The van der Waals surface area contributed by atoms with Crippen LogP contribution in [-0.2, 0) is 0 Å². The summed E-state index contributed by atoms with van der Waals surface area (Å²) in [5.41, 5.74) is 4.80. The molecular formula is C26H14N2S2. The molecule has 2 heterocycles. The van der Waals surface area contributed by atoms with Gasteiger partial charge in [0.15, 0.2) is 0 Å². The summed E-state index contributed by atoms with van der Waals surface area (Å²) in [4.78, 5) is 4.78. The predicted octanol–water partition coefficient (Wildman–Crippen LogP) is 7.87. The van der Waals surface area contributed by atoms with Crippen molar-refractivity contribution in [1.29, 1.82) is 5.26 Å². The summed E-state index contributed by atoms with van der Waals surface area (Å²) < 4.78 is 3.71. The molecule has 6 rings (SSSR count). The van der Waals surface area contributed by atoms with Crippen LogP contribution in [0.2, 0.25) is 0 Å². The summed E-state index contributed by atoms with van der Waals surface area (Å²) in [6.07, 6.45) is 0. The number of nitrogens with zero attached hydrogens (tertiary/aromatic N) is 2. The van der Waals surface area contributed by atoms with Crippen molar-refractivity contribution in [3.63, 3.8) is 0 Å². The number of benzene rings is 4. The molecule has 0 saturated carbocycles. The fourth-order valence-electron chi connectivity index (χ4n) is 3.88. The number of para-hydroxylation sites is 1. The summed E-state index contributed by atoms with van der Waals surface area (Å²) in [7, 11) is 0. The van der Waals surface area contributed by atoms with Crippen molar-refractivity contribution in [2.45, 2.75) is 0 Å². The third kappa shape index (κ3) is 2.80. The monoisotopic (exact) mass is 418 g/mol. The molecule has 0 amide bonds. The van der Waals surface area contributed by atoms with Gasteiger partial charge in [-0.3, -0.25) is 0 Å². The third-order valence-electron chi connectivity index (χ3n) is 5.32. The van der Waals surface area contributed by atoms with Crippen LogP contribution in [0.25, 0.3) is 52.1 Å². The first-order valence-electron chi connectivity index (χ1n) is 9.61. The number of thiazole rings is 1. The fourth-order valence-corrected chi connectivity index (χ4v) is 5.98. The van der Waals surface area contributed by atoms with Gasteiger partial charge in [0.25, 0.3) is 0 Å². The number of rotatable bonds is 2. The third-order valence-corrected chi connectivity index (χ3v) is 7.53. The highest BCUT2D eigenvalue weighted by atomic mass is 32.1. The van der Waals surface area contributed by atoms with Gasteiger partial charge in [-0.2, -0.15) is 5.26 Å². The fraction of sp³-hybridized carbons (Fsp3) is 0. The first-order valence-corrected chi connectivity index (χ1v) is 11.2. The minimum absolute atomic E-state index is 0.651. The van der Waals surface area contributed by atoms with Crippen molar-refractivity contribution in [3.05, 3.63) is 90.5 Å². The smallest absolute Gasteiger partial charge is 0.124 e. The van der Waals surface area contributed by atoms with Gasteiger partial charge in [0.05, 0.1) is 21.8 Å². The summed E-state index contributed by atoms with van der Waals surface area (Å²) >= 11 is 3.47. The Kier molecular flexibility index (Phi) is 3.92. The second kappa shape index (κ2) is 6.77. The normalized spacial score (nSPS) is 11.3. The number of thiophene rings is 1. The standard InChI is InChI=1S/C26H14N2S2/c27-15-16-11-18(13-19(12-16)26-28-22-6-2-4-8-24(22)30-26)17-9-10-21-20-5-1-3-7-23(20)29-25(21)14-17/h1-14H. The van der Waals surface area contributed by atoms with Gasteiger partial charge in [-0.05, 0) is 53.6 Å². The Morgan fingerprint density at radius 2 is 1.40 bits per heavy atom. The van der Waals surface area contributed by atoms with Crippen LogP contribution in [0.1, 0.15) is 5.56 Å². The molecule has 0 saturated heterocycles. The van der Waals surface area contributed by atoms with Crippen LogP contribution >= 0.6 is 22.7 Å². The SMILES string of the molecule is N#Cc1cc(-c2ccc3c(c2)sc2ccccc23)cc(-c2nc3ccccc3s2)c1. The molecular weight excluding hydrogens is 404 g/mol. The van der Waals surface area contributed by atoms with Gasteiger partial charge in [0.2, 0.25) is 0 Å². The van der Waals surface area contributed by atoms with E-state index in [0.717, 1.165) is 31.9 Å². The highest BCUT2D eigenvalue weighted by Crippen LogP contribution is 2.38. The number of hydrogen-bond acceptors (Lipinski definition) is 4. The molecule has 0 spiro atoms.